The first-order valence-electron chi connectivity index (χ1n) is 7.93. The summed E-state index contributed by atoms with van der Waals surface area (Å²) in [5.41, 5.74) is 0.561. The normalized spacial score (nSPS) is 11.5. The van der Waals surface area contributed by atoms with Gasteiger partial charge < -0.3 is 15.6 Å². The lowest BCUT2D eigenvalue weighted by atomic mass is 10.1. The number of carbonyl (C=O) groups excluding carboxylic acids is 1. The molecule has 0 fully saturated rings. The molecule has 7 nitrogen and oxygen atoms in total. The van der Waals surface area contributed by atoms with Crippen LogP contribution in [0.3, 0.4) is 0 Å². The van der Waals surface area contributed by atoms with Crippen molar-refractivity contribution in [3.63, 3.8) is 0 Å². The van der Waals surface area contributed by atoms with Crippen LogP contribution >= 0.6 is 0 Å². The highest BCUT2D eigenvalue weighted by molar-refractivity contribution is 5.94. The molecular weight excluding hydrogens is 323 g/mol. The molecule has 1 aromatic carbocycles. The van der Waals surface area contributed by atoms with Crippen molar-refractivity contribution >= 4 is 22.8 Å². The van der Waals surface area contributed by atoms with Crippen LogP contribution in [0.15, 0.2) is 30.7 Å². The largest absolute Gasteiger partial charge is 0.360 e. The van der Waals surface area contributed by atoms with Gasteiger partial charge in [-0.2, -0.15) is 4.98 Å². The molecule has 3 aromatic rings. The predicted octanol–water partition coefficient (Wildman–Crippen LogP) is 2.98. The van der Waals surface area contributed by atoms with Crippen molar-refractivity contribution in [2.24, 2.45) is 0 Å². The Bertz CT molecular complexity index is 931. The minimum absolute atomic E-state index is 0. The van der Waals surface area contributed by atoms with Crippen LogP contribution in [0.1, 0.15) is 23.6 Å². The average Bonchev–Trinajstić information content (AvgIpc) is 2.98. The number of carbonyl (C=O) groups is 1. The van der Waals surface area contributed by atoms with Crippen LogP contribution < -0.4 is 10.6 Å². The van der Waals surface area contributed by atoms with Gasteiger partial charge in [0.2, 0.25) is 11.9 Å². The van der Waals surface area contributed by atoms with Gasteiger partial charge in [-0.1, -0.05) is 0 Å². The molecule has 0 aliphatic carbocycles. The van der Waals surface area contributed by atoms with Crippen molar-refractivity contribution in [2.45, 2.75) is 26.3 Å². The van der Waals surface area contributed by atoms with E-state index in [4.69, 9.17) is 0 Å². The van der Waals surface area contributed by atoms with Crippen molar-refractivity contribution in [3.05, 3.63) is 36.5 Å². The Morgan fingerprint density at radius 2 is 2.16 bits per heavy atom. The summed E-state index contributed by atoms with van der Waals surface area (Å²) in [6.45, 7) is 5.86. The Kier molecular flexibility index (Phi) is 4.35. The summed E-state index contributed by atoms with van der Waals surface area (Å²) >= 11 is 0. The average molecular weight is 346 g/mol. The SMILES string of the molecule is CCNC(=O)C(C)(C)Nc1ncnc(-c2c[nH]c3ccc(F)cc23)n1.[HH].[HH]. The lowest BCUT2D eigenvalue weighted by molar-refractivity contribution is -0.124. The molecule has 0 saturated carbocycles. The van der Waals surface area contributed by atoms with E-state index in [1.54, 1.807) is 26.1 Å². The molecule has 3 rings (SSSR count). The minimum atomic E-state index is -0.888. The second-order valence-corrected chi connectivity index (χ2v) is 6.13. The molecule has 2 aromatic heterocycles. The van der Waals surface area contributed by atoms with Gasteiger partial charge in [0.25, 0.3) is 0 Å². The Morgan fingerprint density at radius 3 is 2.92 bits per heavy atom. The molecular formula is C17H23FN6O. The molecule has 0 aliphatic heterocycles. The van der Waals surface area contributed by atoms with E-state index in [0.29, 0.717) is 23.3 Å². The number of likely N-dealkylation sites (N-methyl/N-ethyl adjacent to an activating group) is 1. The zero-order chi connectivity index (χ0) is 18.0. The molecule has 0 bridgehead atoms. The number of aromatic amines is 1. The molecule has 25 heavy (non-hydrogen) atoms. The third kappa shape index (κ3) is 3.42. The number of halogens is 1. The van der Waals surface area contributed by atoms with E-state index < -0.39 is 5.54 Å². The molecule has 0 aliphatic rings. The summed E-state index contributed by atoms with van der Waals surface area (Å²) < 4.78 is 13.5. The van der Waals surface area contributed by atoms with Crippen LogP contribution in [-0.2, 0) is 4.79 Å². The Hall–Kier alpha value is -3.03. The standard InChI is InChI=1S/C17H19FN6O.2H2/c1-4-19-15(25)17(2,3)24-16-22-9-21-14(23-16)12-8-20-13-6-5-10(18)7-11(12)13;;/h5-9,20H,4H2,1-3H3,(H,19,25)(H,21,22,23,24);2*1H. The minimum Gasteiger partial charge on any atom is -0.360 e. The number of fused-ring (bicyclic) bond motifs is 1. The van der Waals surface area contributed by atoms with Gasteiger partial charge in [-0.05, 0) is 39.0 Å². The summed E-state index contributed by atoms with van der Waals surface area (Å²) in [5.74, 6) is 0.164. The van der Waals surface area contributed by atoms with Crippen LogP contribution in [-0.4, -0.2) is 37.9 Å². The third-order valence-electron chi connectivity index (χ3n) is 3.79. The van der Waals surface area contributed by atoms with E-state index in [0.717, 1.165) is 5.52 Å². The number of benzene rings is 1. The molecule has 2 heterocycles. The van der Waals surface area contributed by atoms with Gasteiger partial charge in [0.1, 0.15) is 17.7 Å². The highest BCUT2D eigenvalue weighted by Crippen LogP contribution is 2.27. The van der Waals surface area contributed by atoms with Gasteiger partial charge in [0, 0.05) is 32.1 Å². The van der Waals surface area contributed by atoms with Crippen molar-refractivity contribution in [3.8, 4) is 11.4 Å². The fourth-order valence-electron chi connectivity index (χ4n) is 2.48. The predicted molar refractivity (Wildman–Crippen MR) is 97.7 cm³/mol. The van der Waals surface area contributed by atoms with Gasteiger partial charge in [0.05, 0.1) is 0 Å². The number of nitrogens with one attached hydrogen (secondary N) is 3. The monoisotopic (exact) mass is 346 g/mol. The highest BCUT2D eigenvalue weighted by atomic mass is 19.1. The Labute approximate surface area is 147 Å². The second-order valence-electron chi connectivity index (χ2n) is 6.13. The smallest absolute Gasteiger partial charge is 0.245 e. The first-order chi connectivity index (χ1) is 11.9. The molecule has 134 valence electrons. The van der Waals surface area contributed by atoms with E-state index in [9.17, 15) is 9.18 Å². The zero-order valence-electron chi connectivity index (χ0n) is 14.2. The first kappa shape index (κ1) is 16.8. The second kappa shape index (κ2) is 6.46. The van der Waals surface area contributed by atoms with Gasteiger partial charge in [-0.3, -0.25) is 4.79 Å². The Morgan fingerprint density at radius 1 is 1.36 bits per heavy atom. The zero-order valence-corrected chi connectivity index (χ0v) is 14.2. The maximum atomic E-state index is 13.5. The van der Waals surface area contributed by atoms with Crippen molar-refractivity contribution in [2.75, 3.05) is 11.9 Å². The molecule has 0 saturated heterocycles. The quantitative estimate of drug-likeness (QED) is 0.660. The number of anilines is 1. The number of amides is 1. The lowest BCUT2D eigenvalue weighted by Gasteiger charge is -2.24. The Balaban J connectivity index is 0.00000182. The van der Waals surface area contributed by atoms with Crippen molar-refractivity contribution in [1.82, 2.24) is 25.3 Å². The van der Waals surface area contributed by atoms with E-state index >= 15 is 0 Å². The van der Waals surface area contributed by atoms with Crippen molar-refractivity contribution < 1.29 is 12.0 Å². The number of hydrogen-bond acceptors (Lipinski definition) is 5. The molecule has 8 heteroatoms. The summed E-state index contributed by atoms with van der Waals surface area (Å²) in [7, 11) is 0. The number of H-pyrrole nitrogens is 1. The molecule has 0 atom stereocenters. The van der Waals surface area contributed by atoms with Crippen LogP contribution in [0.4, 0.5) is 10.3 Å². The van der Waals surface area contributed by atoms with Crippen LogP contribution in [0, 0.1) is 5.82 Å². The number of hydrogen-bond donors (Lipinski definition) is 3. The third-order valence-corrected chi connectivity index (χ3v) is 3.79. The number of nitrogens with zero attached hydrogens (tertiary/aromatic N) is 3. The van der Waals surface area contributed by atoms with Crippen LogP contribution in [0.5, 0.6) is 0 Å². The molecule has 0 radical (unpaired) electrons. The topological polar surface area (TPSA) is 95.6 Å². The van der Waals surface area contributed by atoms with E-state index in [1.807, 2.05) is 6.92 Å². The lowest BCUT2D eigenvalue weighted by Crippen LogP contribution is -2.48. The molecule has 1 amide bonds. The van der Waals surface area contributed by atoms with E-state index in [1.165, 1.54) is 18.5 Å². The number of aromatic nitrogens is 4. The molecule has 0 spiro atoms. The fourth-order valence-corrected chi connectivity index (χ4v) is 2.48. The first-order valence-corrected chi connectivity index (χ1v) is 7.93. The van der Waals surface area contributed by atoms with Gasteiger partial charge in [0.15, 0.2) is 5.82 Å². The number of rotatable bonds is 5. The van der Waals surface area contributed by atoms with E-state index in [2.05, 4.69) is 30.6 Å². The summed E-state index contributed by atoms with van der Waals surface area (Å²) in [6.07, 6.45) is 3.08. The summed E-state index contributed by atoms with van der Waals surface area (Å²) in [6, 6.07) is 4.47. The van der Waals surface area contributed by atoms with E-state index in [-0.39, 0.29) is 20.5 Å². The summed E-state index contributed by atoms with van der Waals surface area (Å²) in [4.78, 5) is 27.8. The molecule has 0 unspecified atom stereocenters. The van der Waals surface area contributed by atoms with Crippen LogP contribution in [0.25, 0.3) is 22.3 Å². The fraction of sp³-hybridized carbons (Fsp3) is 0.294. The van der Waals surface area contributed by atoms with Gasteiger partial charge >= 0.3 is 0 Å². The maximum absolute atomic E-state index is 13.5. The van der Waals surface area contributed by atoms with Crippen molar-refractivity contribution in [1.29, 1.82) is 0 Å². The van der Waals surface area contributed by atoms with Gasteiger partial charge in [-0.15, -0.1) is 0 Å². The van der Waals surface area contributed by atoms with Crippen LogP contribution in [0.2, 0.25) is 0 Å². The van der Waals surface area contributed by atoms with Gasteiger partial charge in [-0.25, -0.2) is 14.4 Å². The highest BCUT2D eigenvalue weighted by Gasteiger charge is 2.28. The maximum Gasteiger partial charge on any atom is 0.245 e. The molecule has 3 N–H and O–H groups in total. The summed E-state index contributed by atoms with van der Waals surface area (Å²) in [5, 5.41) is 6.45.